The molecule has 1 aromatic rings. The summed E-state index contributed by atoms with van der Waals surface area (Å²) in [5.41, 5.74) is 1.23. The van der Waals surface area contributed by atoms with Crippen LogP contribution in [0.15, 0.2) is 6.07 Å². The van der Waals surface area contributed by atoms with Crippen LogP contribution in [0.5, 0.6) is 5.75 Å². The second kappa shape index (κ2) is 4.98. The Labute approximate surface area is 123 Å². The molecule has 1 amide bonds. The van der Waals surface area contributed by atoms with Crippen LogP contribution >= 0.6 is 0 Å². The minimum Gasteiger partial charge on any atom is -0.491 e. The number of carbonyl (C=O) groups excluding carboxylic acids is 1. The van der Waals surface area contributed by atoms with Crippen molar-refractivity contribution >= 4 is 5.91 Å². The summed E-state index contributed by atoms with van der Waals surface area (Å²) in [6.07, 6.45) is -0.0139. The van der Waals surface area contributed by atoms with Gasteiger partial charge in [-0.2, -0.15) is 0 Å². The maximum Gasteiger partial charge on any atom is 0.258 e. The van der Waals surface area contributed by atoms with Crippen LogP contribution in [-0.4, -0.2) is 41.2 Å². The van der Waals surface area contributed by atoms with E-state index in [1.807, 2.05) is 13.8 Å². The van der Waals surface area contributed by atoms with Crippen LogP contribution < -0.4 is 4.74 Å². The van der Waals surface area contributed by atoms with E-state index in [1.165, 1.54) is 0 Å². The Morgan fingerprint density at radius 3 is 2.86 bits per heavy atom. The van der Waals surface area contributed by atoms with Gasteiger partial charge in [0, 0.05) is 12.1 Å². The van der Waals surface area contributed by atoms with E-state index in [9.17, 15) is 14.3 Å². The first-order valence-corrected chi connectivity index (χ1v) is 7.35. The monoisotopic (exact) mass is 293 g/mol. The Morgan fingerprint density at radius 1 is 1.48 bits per heavy atom. The SMILES string of the molecule is Cc1cc2c(c(C(C)C)c1F)C(=O)N1C[C@@H](O)C[C@@H]1CO2. The molecule has 2 heterocycles. The highest BCUT2D eigenvalue weighted by atomic mass is 19.1. The van der Waals surface area contributed by atoms with Crippen molar-refractivity contribution in [3.05, 3.63) is 28.6 Å². The van der Waals surface area contributed by atoms with E-state index in [-0.39, 0.29) is 23.7 Å². The predicted octanol–water partition coefficient (Wildman–Crippen LogP) is 2.23. The van der Waals surface area contributed by atoms with Gasteiger partial charge in [-0.15, -0.1) is 0 Å². The third kappa shape index (κ3) is 2.20. The molecular formula is C16H20FNO3. The minimum absolute atomic E-state index is 0.115. The summed E-state index contributed by atoms with van der Waals surface area (Å²) in [6, 6.07) is 1.47. The molecule has 114 valence electrons. The fraction of sp³-hybridized carbons (Fsp3) is 0.562. The molecular weight excluding hydrogens is 273 g/mol. The molecule has 2 aliphatic heterocycles. The van der Waals surface area contributed by atoms with Crippen molar-refractivity contribution in [1.29, 1.82) is 0 Å². The standard InChI is InChI=1S/C16H20FNO3/c1-8(2)13-14-12(4-9(3)15(13)17)21-7-10-5-11(19)6-18(10)16(14)20/h4,8,10-11,19H,5-7H2,1-3H3/t10-,11+/m1/s1. The molecule has 0 saturated carbocycles. The Hall–Kier alpha value is -1.62. The first-order chi connectivity index (χ1) is 9.90. The van der Waals surface area contributed by atoms with Crippen LogP contribution in [0.3, 0.4) is 0 Å². The van der Waals surface area contributed by atoms with Crippen LogP contribution in [0.2, 0.25) is 0 Å². The lowest BCUT2D eigenvalue weighted by atomic mass is 9.92. The number of aliphatic hydroxyl groups is 1. The topological polar surface area (TPSA) is 49.8 Å². The van der Waals surface area contributed by atoms with E-state index in [0.29, 0.717) is 42.0 Å². The highest BCUT2D eigenvalue weighted by Gasteiger charge is 2.40. The van der Waals surface area contributed by atoms with Gasteiger partial charge in [0.25, 0.3) is 5.91 Å². The minimum atomic E-state index is -0.526. The summed E-state index contributed by atoms with van der Waals surface area (Å²) in [4.78, 5) is 14.4. The number of aliphatic hydroxyl groups excluding tert-OH is 1. The number of rotatable bonds is 1. The molecule has 21 heavy (non-hydrogen) atoms. The molecule has 1 N–H and O–H groups in total. The van der Waals surface area contributed by atoms with Gasteiger partial charge in [0.2, 0.25) is 0 Å². The van der Waals surface area contributed by atoms with Gasteiger partial charge >= 0.3 is 0 Å². The van der Waals surface area contributed by atoms with Gasteiger partial charge in [-0.1, -0.05) is 13.8 Å². The molecule has 2 aliphatic rings. The highest BCUT2D eigenvalue weighted by Crippen LogP contribution is 2.37. The molecule has 3 rings (SSSR count). The van der Waals surface area contributed by atoms with Gasteiger partial charge in [-0.3, -0.25) is 4.79 Å². The number of fused-ring (bicyclic) bond motifs is 2. The third-order valence-electron chi connectivity index (χ3n) is 4.32. The molecule has 1 saturated heterocycles. The first-order valence-electron chi connectivity index (χ1n) is 7.35. The highest BCUT2D eigenvalue weighted by molar-refractivity contribution is 5.99. The number of amides is 1. The van der Waals surface area contributed by atoms with Gasteiger partial charge in [0.05, 0.1) is 17.7 Å². The maximum absolute atomic E-state index is 14.5. The summed E-state index contributed by atoms with van der Waals surface area (Å²) in [5, 5.41) is 9.77. The van der Waals surface area contributed by atoms with E-state index in [0.717, 1.165) is 0 Å². The number of ether oxygens (including phenoxy) is 1. The Balaban J connectivity index is 2.17. The van der Waals surface area contributed by atoms with Crippen molar-refractivity contribution < 1.29 is 19.0 Å². The zero-order chi connectivity index (χ0) is 15.3. The summed E-state index contributed by atoms with van der Waals surface area (Å²) in [5.74, 6) is -0.215. The van der Waals surface area contributed by atoms with E-state index in [4.69, 9.17) is 4.74 Å². The zero-order valence-electron chi connectivity index (χ0n) is 12.5. The van der Waals surface area contributed by atoms with Gasteiger partial charge < -0.3 is 14.7 Å². The number of carbonyl (C=O) groups is 1. The van der Waals surface area contributed by atoms with Crippen molar-refractivity contribution in [3.63, 3.8) is 0 Å². The second-order valence-corrected chi connectivity index (χ2v) is 6.26. The number of hydrogen-bond acceptors (Lipinski definition) is 3. The van der Waals surface area contributed by atoms with Crippen LogP contribution in [-0.2, 0) is 0 Å². The van der Waals surface area contributed by atoms with Gasteiger partial charge in [0.15, 0.2) is 0 Å². The van der Waals surface area contributed by atoms with Crippen LogP contribution in [0.25, 0.3) is 0 Å². The summed E-state index contributed by atoms with van der Waals surface area (Å²) >= 11 is 0. The quantitative estimate of drug-likeness (QED) is 0.864. The molecule has 5 heteroatoms. The van der Waals surface area contributed by atoms with Crippen LogP contribution in [0.1, 0.15) is 47.7 Å². The Bertz CT molecular complexity index is 600. The number of benzene rings is 1. The Morgan fingerprint density at radius 2 is 2.19 bits per heavy atom. The average Bonchev–Trinajstić information content (AvgIpc) is 2.74. The summed E-state index contributed by atoms with van der Waals surface area (Å²) < 4.78 is 20.3. The molecule has 0 bridgehead atoms. The molecule has 0 spiro atoms. The lowest BCUT2D eigenvalue weighted by Gasteiger charge is -2.22. The molecule has 1 aromatic carbocycles. The van der Waals surface area contributed by atoms with Crippen LogP contribution in [0.4, 0.5) is 4.39 Å². The zero-order valence-corrected chi connectivity index (χ0v) is 12.5. The normalized spacial score (nSPS) is 24.7. The van der Waals surface area contributed by atoms with E-state index < -0.39 is 6.10 Å². The summed E-state index contributed by atoms with van der Waals surface area (Å²) in [7, 11) is 0. The fourth-order valence-electron chi connectivity index (χ4n) is 3.29. The maximum atomic E-state index is 14.5. The van der Waals surface area contributed by atoms with Crippen molar-refractivity contribution in [2.24, 2.45) is 0 Å². The van der Waals surface area contributed by atoms with E-state index >= 15 is 0 Å². The van der Waals surface area contributed by atoms with E-state index in [1.54, 1.807) is 17.9 Å². The molecule has 0 aromatic heterocycles. The number of aryl methyl sites for hydroxylation is 1. The van der Waals surface area contributed by atoms with Crippen molar-refractivity contribution in [3.8, 4) is 5.75 Å². The smallest absolute Gasteiger partial charge is 0.258 e. The number of nitrogens with zero attached hydrogens (tertiary/aromatic N) is 1. The second-order valence-electron chi connectivity index (χ2n) is 6.26. The third-order valence-corrected chi connectivity index (χ3v) is 4.32. The molecule has 1 fully saturated rings. The van der Waals surface area contributed by atoms with Gasteiger partial charge in [-0.25, -0.2) is 4.39 Å². The predicted molar refractivity (Wildman–Crippen MR) is 76.2 cm³/mol. The Kier molecular flexibility index (Phi) is 3.40. The molecule has 2 atom stereocenters. The number of halogens is 1. The van der Waals surface area contributed by atoms with Gasteiger partial charge in [-0.05, 0) is 30.9 Å². The average molecular weight is 293 g/mol. The fourth-order valence-corrected chi connectivity index (χ4v) is 3.29. The largest absolute Gasteiger partial charge is 0.491 e. The summed E-state index contributed by atoms with van der Waals surface area (Å²) in [6.45, 7) is 6.06. The molecule has 0 radical (unpaired) electrons. The van der Waals surface area contributed by atoms with Crippen molar-refractivity contribution in [2.75, 3.05) is 13.2 Å². The van der Waals surface area contributed by atoms with Gasteiger partial charge in [0.1, 0.15) is 18.2 Å². The van der Waals surface area contributed by atoms with E-state index in [2.05, 4.69) is 0 Å². The van der Waals surface area contributed by atoms with Crippen LogP contribution in [0, 0.1) is 12.7 Å². The van der Waals surface area contributed by atoms with Crippen molar-refractivity contribution in [2.45, 2.75) is 45.3 Å². The lowest BCUT2D eigenvalue weighted by Crippen LogP contribution is -2.37. The lowest BCUT2D eigenvalue weighted by molar-refractivity contribution is 0.0708. The number of hydrogen-bond donors (Lipinski definition) is 1. The van der Waals surface area contributed by atoms with Crippen molar-refractivity contribution in [1.82, 2.24) is 4.90 Å². The first kappa shape index (κ1) is 14.3. The molecule has 4 nitrogen and oxygen atoms in total. The molecule has 0 unspecified atom stereocenters. The molecule has 0 aliphatic carbocycles.